The topological polar surface area (TPSA) is 73.7 Å². The Bertz CT molecular complexity index is 1140. The number of carboxylic acid groups (broad SMARTS) is 1. The van der Waals surface area contributed by atoms with Gasteiger partial charge in [0.1, 0.15) is 10.7 Å². The minimum atomic E-state index is -5.08. The molecule has 1 aliphatic heterocycles. The zero-order valence-corrected chi connectivity index (χ0v) is 19.7. The summed E-state index contributed by atoms with van der Waals surface area (Å²) in [4.78, 5) is 30.6. The highest BCUT2D eigenvalue weighted by molar-refractivity contribution is 7.13. The lowest BCUT2D eigenvalue weighted by Crippen LogP contribution is -2.40. The molecule has 1 saturated heterocycles. The number of halogens is 3. The molecule has 6 nitrogen and oxygen atoms in total. The van der Waals surface area contributed by atoms with E-state index >= 15 is 0 Å². The largest absolute Gasteiger partial charge is 0.490 e. The number of carbonyl (C=O) groups is 2. The Morgan fingerprint density at radius 2 is 1.88 bits per heavy atom. The molecule has 1 aliphatic rings. The Balaban J connectivity index is 0.000000406. The molecule has 1 fully saturated rings. The smallest absolute Gasteiger partial charge is 0.475 e. The monoisotopic (exact) mass is 493 g/mol. The van der Waals surface area contributed by atoms with Crippen LogP contribution in [-0.2, 0) is 4.79 Å². The van der Waals surface area contributed by atoms with Gasteiger partial charge in [0.25, 0.3) is 5.91 Å². The molecule has 2 aromatic carbocycles. The van der Waals surface area contributed by atoms with Crippen molar-refractivity contribution < 1.29 is 27.9 Å². The molecule has 1 unspecified atom stereocenters. The van der Waals surface area contributed by atoms with Crippen LogP contribution in [0.3, 0.4) is 0 Å². The van der Waals surface area contributed by atoms with E-state index in [2.05, 4.69) is 41.2 Å². The highest BCUT2D eigenvalue weighted by Gasteiger charge is 2.38. The van der Waals surface area contributed by atoms with Crippen molar-refractivity contribution in [2.75, 3.05) is 33.7 Å². The number of piperidine rings is 1. The summed E-state index contributed by atoms with van der Waals surface area (Å²) in [5, 5.41) is 12.3. The normalized spacial score (nSPS) is 16.6. The van der Waals surface area contributed by atoms with Gasteiger partial charge in [-0.15, -0.1) is 11.3 Å². The number of carboxylic acids is 1. The molecule has 1 aromatic heterocycles. The van der Waals surface area contributed by atoms with E-state index in [4.69, 9.17) is 9.90 Å². The number of benzene rings is 2. The predicted molar refractivity (Wildman–Crippen MR) is 126 cm³/mol. The average molecular weight is 494 g/mol. The third kappa shape index (κ3) is 6.54. The molecule has 2 heterocycles. The van der Waals surface area contributed by atoms with Gasteiger partial charge in [0.2, 0.25) is 0 Å². The number of nitrogens with zero attached hydrogens (tertiary/aromatic N) is 3. The van der Waals surface area contributed by atoms with Crippen LogP contribution in [0.25, 0.3) is 21.3 Å². The number of amides is 1. The van der Waals surface area contributed by atoms with Crippen LogP contribution in [0.4, 0.5) is 13.2 Å². The summed E-state index contributed by atoms with van der Waals surface area (Å²) in [6, 6.07) is 14.5. The summed E-state index contributed by atoms with van der Waals surface area (Å²) in [7, 11) is 4.05. The van der Waals surface area contributed by atoms with E-state index in [0.29, 0.717) is 11.6 Å². The van der Waals surface area contributed by atoms with Crippen LogP contribution in [0.1, 0.15) is 23.3 Å². The number of hydrogen-bond acceptors (Lipinski definition) is 5. The first-order chi connectivity index (χ1) is 16.1. The lowest BCUT2D eigenvalue weighted by molar-refractivity contribution is -0.192. The van der Waals surface area contributed by atoms with E-state index < -0.39 is 12.1 Å². The third-order valence-corrected chi connectivity index (χ3v) is 6.46. The van der Waals surface area contributed by atoms with E-state index in [9.17, 15) is 18.0 Å². The lowest BCUT2D eigenvalue weighted by Gasteiger charge is -2.32. The number of hydrogen-bond donors (Lipinski definition) is 1. The zero-order valence-electron chi connectivity index (χ0n) is 18.9. The zero-order chi connectivity index (χ0) is 24.9. The van der Waals surface area contributed by atoms with Gasteiger partial charge in [-0.1, -0.05) is 42.5 Å². The number of aromatic nitrogens is 1. The first-order valence-electron chi connectivity index (χ1n) is 10.7. The van der Waals surface area contributed by atoms with Gasteiger partial charge in [-0.2, -0.15) is 13.2 Å². The van der Waals surface area contributed by atoms with Gasteiger partial charge in [0.15, 0.2) is 0 Å². The molecule has 0 spiro atoms. The Kier molecular flexibility index (Phi) is 8.27. The summed E-state index contributed by atoms with van der Waals surface area (Å²) in [6.45, 7) is 3.02. The fourth-order valence-electron chi connectivity index (χ4n) is 4.00. The van der Waals surface area contributed by atoms with Gasteiger partial charge in [0, 0.05) is 31.1 Å². The Hall–Kier alpha value is -2.98. The molecule has 0 aliphatic carbocycles. The molecule has 3 aromatic rings. The Labute approximate surface area is 199 Å². The molecular formula is C24H26F3N3O3S. The maximum atomic E-state index is 12.9. The van der Waals surface area contributed by atoms with Crippen LogP contribution in [0, 0.1) is 5.92 Å². The summed E-state index contributed by atoms with van der Waals surface area (Å²) >= 11 is 1.54. The molecule has 4 rings (SSSR count). The number of alkyl halides is 3. The lowest BCUT2D eigenvalue weighted by atomic mass is 9.98. The molecule has 1 N–H and O–H groups in total. The van der Waals surface area contributed by atoms with Crippen LogP contribution in [0.5, 0.6) is 0 Å². The van der Waals surface area contributed by atoms with Crippen LogP contribution in [-0.4, -0.2) is 71.7 Å². The number of fused-ring (bicyclic) bond motifs is 1. The van der Waals surface area contributed by atoms with Crippen molar-refractivity contribution in [3.8, 4) is 10.6 Å². The minimum absolute atomic E-state index is 0.0194. The number of likely N-dealkylation sites (tertiary alicyclic amines) is 1. The standard InChI is InChI=1S/C22H25N3OS.C2HF3O2/c1-24-12-6-7-16(13-24)14-25(2)22(26)20-15-27-21(23-20)19-11-5-9-17-8-3-4-10-18(17)19;3-2(4,5)1(6)7/h3-5,8-11,15-16H,6-7,12-14H2,1-2H3;(H,6,7). The van der Waals surface area contributed by atoms with Crippen LogP contribution in [0.15, 0.2) is 47.8 Å². The van der Waals surface area contributed by atoms with E-state index in [0.717, 1.165) is 30.2 Å². The molecular weight excluding hydrogens is 467 g/mol. The molecule has 1 amide bonds. The second-order valence-corrected chi connectivity index (χ2v) is 9.18. The summed E-state index contributed by atoms with van der Waals surface area (Å²) in [5.74, 6) is -2.19. The molecule has 0 radical (unpaired) electrons. The second kappa shape index (κ2) is 11.0. The van der Waals surface area contributed by atoms with Crippen molar-refractivity contribution in [3.63, 3.8) is 0 Å². The first-order valence-corrected chi connectivity index (χ1v) is 11.6. The number of rotatable bonds is 4. The van der Waals surface area contributed by atoms with E-state index in [1.54, 1.807) is 11.3 Å². The average Bonchev–Trinajstić information content (AvgIpc) is 3.28. The molecule has 34 heavy (non-hydrogen) atoms. The van der Waals surface area contributed by atoms with E-state index in [-0.39, 0.29) is 5.91 Å². The van der Waals surface area contributed by atoms with Crippen LogP contribution < -0.4 is 0 Å². The Morgan fingerprint density at radius 3 is 2.56 bits per heavy atom. The fraction of sp³-hybridized carbons (Fsp3) is 0.375. The van der Waals surface area contributed by atoms with Crippen molar-refractivity contribution in [2.24, 2.45) is 5.92 Å². The number of carbonyl (C=O) groups excluding carboxylic acids is 1. The van der Waals surface area contributed by atoms with Gasteiger partial charge < -0.3 is 14.9 Å². The summed E-state index contributed by atoms with van der Waals surface area (Å²) in [6.07, 6.45) is -2.68. The van der Waals surface area contributed by atoms with Crippen molar-refractivity contribution in [1.82, 2.24) is 14.8 Å². The van der Waals surface area contributed by atoms with Crippen molar-refractivity contribution in [3.05, 3.63) is 53.5 Å². The van der Waals surface area contributed by atoms with Gasteiger partial charge in [0.05, 0.1) is 0 Å². The summed E-state index contributed by atoms with van der Waals surface area (Å²) < 4.78 is 31.7. The maximum Gasteiger partial charge on any atom is 0.490 e. The molecule has 0 saturated carbocycles. The molecule has 10 heteroatoms. The summed E-state index contributed by atoms with van der Waals surface area (Å²) in [5.41, 5.74) is 1.64. The Morgan fingerprint density at radius 1 is 1.21 bits per heavy atom. The van der Waals surface area contributed by atoms with E-state index in [1.165, 1.54) is 23.6 Å². The van der Waals surface area contributed by atoms with Crippen molar-refractivity contribution in [2.45, 2.75) is 19.0 Å². The quantitative estimate of drug-likeness (QED) is 0.553. The predicted octanol–water partition coefficient (Wildman–Crippen LogP) is 5.01. The van der Waals surface area contributed by atoms with Gasteiger partial charge in [-0.3, -0.25) is 4.79 Å². The van der Waals surface area contributed by atoms with Gasteiger partial charge >= 0.3 is 12.1 Å². The highest BCUT2D eigenvalue weighted by Crippen LogP contribution is 2.31. The molecule has 0 bridgehead atoms. The maximum absolute atomic E-state index is 12.9. The first kappa shape index (κ1) is 25.6. The SMILES string of the molecule is CN1CCCC(CN(C)C(=O)c2csc(-c3cccc4ccccc34)n2)C1.O=C(O)C(F)(F)F. The second-order valence-electron chi connectivity index (χ2n) is 8.32. The third-order valence-electron chi connectivity index (χ3n) is 5.59. The molecule has 182 valence electrons. The van der Waals surface area contributed by atoms with Gasteiger partial charge in [-0.25, -0.2) is 9.78 Å². The number of aliphatic carboxylic acids is 1. The van der Waals surface area contributed by atoms with Gasteiger partial charge in [-0.05, 0) is 43.1 Å². The van der Waals surface area contributed by atoms with E-state index in [1.807, 2.05) is 35.5 Å². The fourth-order valence-corrected chi connectivity index (χ4v) is 4.83. The van der Waals surface area contributed by atoms with Crippen LogP contribution in [0.2, 0.25) is 0 Å². The van der Waals surface area contributed by atoms with Crippen molar-refractivity contribution in [1.29, 1.82) is 0 Å². The van der Waals surface area contributed by atoms with Crippen LogP contribution >= 0.6 is 11.3 Å². The highest BCUT2D eigenvalue weighted by atomic mass is 32.1. The van der Waals surface area contributed by atoms with Crippen molar-refractivity contribution >= 4 is 34.0 Å². The number of thiazole rings is 1. The minimum Gasteiger partial charge on any atom is -0.475 e. The molecule has 1 atom stereocenters.